The smallest absolute Gasteiger partial charge is 0.228 e. The summed E-state index contributed by atoms with van der Waals surface area (Å²) in [6.07, 6.45) is 4.91. The van der Waals surface area contributed by atoms with E-state index < -0.39 is 0 Å². The Morgan fingerprint density at radius 1 is 1.58 bits per heavy atom. The molecule has 2 aromatic rings. The van der Waals surface area contributed by atoms with E-state index in [-0.39, 0.29) is 11.8 Å². The van der Waals surface area contributed by atoms with Gasteiger partial charge in [-0.2, -0.15) is 5.10 Å². The summed E-state index contributed by atoms with van der Waals surface area (Å²) >= 11 is 5.12. The lowest BCUT2D eigenvalue weighted by atomic mass is 9.85. The first-order chi connectivity index (χ1) is 9.22. The lowest BCUT2D eigenvalue weighted by molar-refractivity contribution is -0.122. The first-order valence-corrected chi connectivity index (χ1v) is 7.95. The molecule has 6 heteroatoms. The number of anilines is 1. The molecule has 1 fully saturated rings. The monoisotopic (exact) mass is 339 g/mol. The van der Waals surface area contributed by atoms with Crippen molar-refractivity contribution in [2.45, 2.75) is 25.8 Å². The summed E-state index contributed by atoms with van der Waals surface area (Å²) in [5, 5.41) is 9.29. The topological polar surface area (TPSA) is 46.9 Å². The number of thiophene rings is 1. The van der Waals surface area contributed by atoms with Gasteiger partial charge in [-0.25, -0.2) is 4.68 Å². The number of amides is 1. The highest BCUT2D eigenvalue weighted by atomic mass is 79.9. The molecule has 0 spiro atoms. The van der Waals surface area contributed by atoms with Crippen LogP contribution in [0.15, 0.2) is 28.2 Å². The maximum Gasteiger partial charge on any atom is 0.228 e. The predicted octanol–water partition coefficient (Wildman–Crippen LogP) is 3.49. The zero-order valence-electron chi connectivity index (χ0n) is 10.3. The Labute approximate surface area is 123 Å². The van der Waals surface area contributed by atoms with Gasteiger partial charge < -0.3 is 5.32 Å². The number of rotatable bonds is 4. The minimum absolute atomic E-state index is 0.125. The van der Waals surface area contributed by atoms with Gasteiger partial charge in [-0.3, -0.25) is 4.79 Å². The molecule has 0 radical (unpaired) electrons. The van der Waals surface area contributed by atoms with Gasteiger partial charge in [-0.1, -0.05) is 6.42 Å². The number of nitrogens with one attached hydrogen (secondary N) is 1. The standard InChI is InChI=1S/C13H14BrN3OS/c14-10-6-11(19-8-10)7-17-12(4-5-15-17)16-13(18)9-2-1-3-9/h4-6,8-9H,1-3,7H2,(H,16,18). The van der Waals surface area contributed by atoms with E-state index in [1.165, 1.54) is 11.3 Å². The SMILES string of the molecule is O=C(Nc1ccnn1Cc1cc(Br)cs1)C1CCC1. The Morgan fingerprint density at radius 2 is 2.42 bits per heavy atom. The van der Waals surface area contributed by atoms with Crippen LogP contribution in [0.2, 0.25) is 0 Å². The number of hydrogen-bond donors (Lipinski definition) is 1. The first-order valence-electron chi connectivity index (χ1n) is 6.28. The molecule has 0 saturated heterocycles. The van der Waals surface area contributed by atoms with Crippen molar-refractivity contribution in [2.24, 2.45) is 5.92 Å². The molecule has 4 nitrogen and oxygen atoms in total. The van der Waals surface area contributed by atoms with Crippen LogP contribution in [-0.2, 0) is 11.3 Å². The third-order valence-corrected chi connectivity index (χ3v) is 5.05. The largest absolute Gasteiger partial charge is 0.311 e. The third kappa shape index (κ3) is 2.90. The number of hydrogen-bond acceptors (Lipinski definition) is 3. The van der Waals surface area contributed by atoms with E-state index in [4.69, 9.17) is 0 Å². The Hall–Kier alpha value is -1.14. The fraction of sp³-hybridized carbons (Fsp3) is 0.385. The zero-order chi connectivity index (χ0) is 13.2. The minimum Gasteiger partial charge on any atom is -0.311 e. The van der Waals surface area contributed by atoms with E-state index >= 15 is 0 Å². The number of carbonyl (C=O) groups is 1. The van der Waals surface area contributed by atoms with Crippen molar-refractivity contribution >= 4 is 39.0 Å². The zero-order valence-corrected chi connectivity index (χ0v) is 12.7. The second-order valence-corrected chi connectivity index (χ2v) is 6.63. The van der Waals surface area contributed by atoms with Crippen LogP contribution < -0.4 is 5.32 Å². The second kappa shape index (κ2) is 5.46. The molecule has 19 heavy (non-hydrogen) atoms. The van der Waals surface area contributed by atoms with E-state index in [0.717, 1.165) is 23.1 Å². The average molecular weight is 340 g/mol. The van der Waals surface area contributed by atoms with Gasteiger partial charge in [-0.05, 0) is 34.8 Å². The Morgan fingerprint density at radius 3 is 3.05 bits per heavy atom. The molecule has 1 aliphatic rings. The van der Waals surface area contributed by atoms with Crippen molar-refractivity contribution in [3.05, 3.63) is 33.1 Å². The average Bonchev–Trinajstić information content (AvgIpc) is 2.87. The van der Waals surface area contributed by atoms with Gasteiger partial charge in [0.05, 0.1) is 12.7 Å². The lowest BCUT2D eigenvalue weighted by Crippen LogP contribution is -2.29. The van der Waals surface area contributed by atoms with Crippen molar-refractivity contribution in [1.29, 1.82) is 0 Å². The van der Waals surface area contributed by atoms with Crippen LogP contribution in [0.3, 0.4) is 0 Å². The highest BCUT2D eigenvalue weighted by Gasteiger charge is 2.25. The normalized spacial score (nSPS) is 15.2. The Balaban J connectivity index is 1.69. The van der Waals surface area contributed by atoms with Gasteiger partial charge in [0.15, 0.2) is 0 Å². The second-order valence-electron chi connectivity index (χ2n) is 4.72. The summed E-state index contributed by atoms with van der Waals surface area (Å²) in [7, 11) is 0. The van der Waals surface area contributed by atoms with Gasteiger partial charge in [0.2, 0.25) is 5.91 Å². The Bertz CT molecular complexity index is 588. The van der Waals surface area contributed by atoms with Crippen molar-refractivity contribution < 1.29 is 4.79 Å². The molecule has 2 aromatic heterocycles. The van der Waals surface area contributed by atoms with E-state index in [1.807, 2.05) is 16.1 Å². The fourth-order valence-corrected chi connectivity index (χ4v) is 3.48. The summed E-state index contributed by atoms with van der Waals surface area (Å²) in [5.41, 5.74) is 0. The quantitative estimate of drug-likeness (QED) is 0.926. The molecular formula is C13H14BrN3OS. The molecule has 1 N–H and O–H groups in total. The van der Waals surface area contributed by atoms with Crippen LogP contribution in [0.1, 0.15) is 24.1 Å². The van der Waals surface area contributed by atoms with Crippen LogP contribution in [0.4, 0.5) is 5.82 Å². The molecule has 0 aromatic carbocycles. The third-order valence-electron chi connectivity index (χ3n) is 3.37. The minimum atomic E-state index is 0.125. The van der Waals surface area contributed by atoms with Gasteiger partial charge in [0.25, 0.3) is 0 Å². The van der Waals surface area contributed by atoms with Crippen molar-refractivity contribution in [2.75, 3.05) is 5.32 Å². The Kier molecular flexibility index (Phi) is 3.70. The number of aromatic nitrogens is 2. The van der Waals surface area contributed by atoms with Gasteiger partial charge in [-0.15, -0.1) is 11.3 Å². The summed E-state index contributed by atoms with van der Waals surface area (Å²) in [4.78, 5) is 13.1. The predicted molar refractivity (Wildman–Crippen MR) is 79.3 cm³/mol. The maximum absolute atomic E-state index is 11.9. The lowest BCUT2D eigenvalue weighted by Gasteiger charge is -2.24. The summed E-state index contributed by atoms with van der Waals surface area (Å²) < 4.78 is 2.91. The molecule has 2 heterocycles. The highest BCUT2D eigenvalue weighted by molar-refractivity contribution is 9.10. The van der Waals surface area contributed by atoms with Crippen LogP contribution in [0.5, 0.6) is 0 Å². The van der Waals surface area contributed by atoms with Gasteiger partial charge in [0.1, 0.15) is 5.82 Å². The van der Waals surface area contributed by atoms with Crippen LogP contribution in [-0.4, -0.2) is 15.7 Å². The summed E-state index contributed by atoms with van der Waals surface area (Å²) in [6, 6.07) is 3.92. The first kappa shape index (κ1) is 12.9. The molecule has 3 rings (SSSR count). The van der Waals surface area contributed by atoms with E-state index in [0.29, 0.717) is 6.54 Å². The molecule has 1 saturated carbocycles. The van der Waals surface area contributed by atoms with Crippen LogP contribution in [0, 0.1) is 5.92 Å². The van der Waals surface area contributed by atoms with E-state index in [9.17, 15) is 4.79 Å². The van der Waals surface area contributed by atoms with Crippen molar-refractivity contribution in [3.63, 3.8) is 0 Å². The maximum atomic E-state index is 11.9. The van der Waals surface area contributed by atoms with Crippen LogP contribution in [0.25, 0.3) is 0 Å². The molecule has 0 bridgehead atoms. The molecule has 0 atom stereocenters. The van der Waals surface area contributed by atoms with Crippen LogP contribution >= 0.6 is 27.3 Å². The van der Waals surface area contributed by atoms with E-state index in [1.54, 1.807) is 17.5 Å². The molecule has 1 amide bonds. The molecule has 0 aliphatic heterocycles. The molecular weight excluding hydrogens is 326 g/mol. The molecule has 1 aliphatic carbocycles. The van der Waals surface area contributed by atoms with E-state index in [2.05, 4.69) is 32.4 Å². The number of carbonyl (C=O) groups excluding carboxylic acids is 1. The summed E-state index contributed by atoms with van der Waals surface area (Å²) in [5.74, 6) is 1.10. The van der Waals surface area contributed by atoms with Crippen molar-refractivity contribution in [3.8, 4) is 0 Å². The number of nitrogens with zero attached hydrogens (tertiary/aromatic N) is 2. The number of halogens is 1. The summed E-state index contributed by atoms with van der Waals surface area (Å²) in [6.45, 7) is 0.684. The molecule has 0 unspecified atom stereocenters. The highest BCUT2D eigenvalue weighted by Crippen LogP contribution is 2.28. The van der Waals surface area contributed by atoms with Crippen molar-refractivity contribution in [1.82, 2.24) is 9.78 Å². The van der Waals surface area contributed by atoms with Gasteiger partial charge in [0, 0.05) is 26.7 Å². The fourth-order valence-electron chi connectivity index (χ4n) is 2.05. The van der Waals surface area contributed by atoms with Gasteiger partial charge >= 0.3 is 0 Å². The molecule has 100 valence electrons.